The highest BCUT2D eigenvalue weighted by molar-refractivity contribution is 5.92. The number of carbonyl (C=O) groups excluding carboxylic acids is 3. The topological polar surface area (TPSA) is 121 Å². The lowest BCUT2D eigenvalue weighted by atomic mass is 9.97. The average molecular weight is 451 g/mol. The molecule has 178 valence electrons. The number of amides is 2. The molecule has 0 saturated carbocycles. The summed E-state index contributed by atoms with van der Waals surface area (Å²) in [6.07, 6.45) is 3.47. The minimum Gasteiger partial charge on any atom is -0.465 e. The molecule has 1 saturated heterocycles. The van der Waals surface area contributed by atoms with Crippen LogP contribution in [0.4, 0.5) is 4.79 Å². The number of nitrogens with one attached hydrogen (secondary N) is 2. The van der Waals surface area contributed by atoms with Gasteiger partial charge in [-0.2, -0.15) is 5.10 Å². The SMILES string of the molecule is COC(=O)c1c(CNC(=O)C2CCC(CNC(=O)OC(C)(C)C)OC2)nn2c1CCCC2. The number of methoxy groups -OCH3 is 1. The summed E-state index contributed by atoms with van der Waals surface area (Å²) in [6, 6.07) is 0. The predicted octanol–water partition coefficient (Wildman–Crippen LogP) is 1.94. The summed E-state index contributed by atoms with van der Waals surface area (Å²) < 4.78 is 17.8. The van der Waals surface area contributed by atoms with Crippen molar-refractivity contribution in [3.05, 3.63) is 17.0 Å². The van der Waals surface area contributed by atoms with E-state index in [1.165, 1.54) is 7.11 Å². The monoisotopic (exact) mass is 450 g/mol. The van der Waals surface area contributed by atoms with Crippen LogP contribution in [0.2, 0.25) is 0 Å². The molecule has 10 nitrogen and oxygen atoms in total. The molecule has 2 amide bonds. The van der Waals surface area contributed by atoms with E-state index < -0.39 is 17.7 Å². The molecule has 0 aliphatic carbocycles. The fourth-order valence-corrected chi connectivity index (χ4v) is 4.01. The van der Waals surface area contributed by atoms with Crippen molar-refractivity contribution in [2.75, 3.05) is 20.3 Å². The van der Waals surface area contributed by atoms with Gasteiger partial charge in [0.15, 0.2) is 0 Å². The summed E-state index contributed by atoms with van der Waals surface area (Å²) >= 11 is 0. The minimum absolute atomic E-state index is 0.134. The van der Waals surface area contributed by atoms with Crippen LogP contribution in [0.25, 0.3) is 0 Å². The van der Waals surface area contributed by atoms with Gasteiger partial charge in [0.1, 0.15) is 11.2 Å². The van der Waals surface area contributed by atoms with Crippen molar-refractivity contribution in [2.45, 2.75) is 77.7 Å². The number of hydrogen-bond donors (Lipinski definition) is 2. The van der Waals surface area contributed by atoms with Crippen molar-refractivity contribution < 1.29 is 28.6 Å². The van der Waals surface area contributed by atoms with Crippen molar-refractivity contribution >= 4 is 18.0 Å². The van der Waals surface area contributed by atoms with Crippen LogP contribution in [0.1, 0.15) is 68.2 Å². The number of carbonyl (C=O) groups is 3. The van der Waals surface area contributed by atoms with Crippen molar-refractivity contribution in [2.24, 2.45) is 5.92 Å². The van der Waals surface area contributed by atoms with E-state index in [9.17, 15) is 14.4 Å². The number of nitrogens with zero attached hydrogens (tertiary/aromatic N) is 2. The molecule has 2 N–H and O–H groups in total. The third-order valence-electron chi connectivity index (χ3n) is 5.60. The van der Waals surface area contributed by atoms with Gasteiger partial charge in [0, 0.05) is 13.1 Å². The molecule has 0 aromatic carbocycles. The first-order chi connectivity index (χ1) is 15.2. The van der Waals surface area contributed by atoms with Gasteiger partial charge in [-0.25, -0.2) is 9.59 Å². The summed E-state index contributed by atoms with van der Waals surface area (Å²) in [5.74, 6) is -0.837. The van der Waals surface area contributed by atoms with Crippen molar-refractivity contribution in [3.63, 3.8) is 0 Å². The number of hydrogen-bond acceptors (Lipinski definition) is 7. The fourth-order valence-electron chi connectivity index (χ4n) is 4.01. The smallest absolute Gasteiger partial charge is 0.407 e. The Kier molecular flexibility index (Phi) is 7.76. The Hall–Kier alpha value is -2.62. The second kappa shape index (κ2) is 10.3. The van der Waals surface area contributed by atoms with Crippen LogP contribution in [0.3, 0.4) is 0 Å². The Labute approximate surface area is 188 Å². The molecule has 2 aliphatic rings. The normalized spacial score (nSPS) is 20.8. The summed E-state index contributed by atoms with van der Waals surface area (Å²) in [5, 5.41) is 10.1. The van der Waals surface area contributed by atoms with Crippen LogP contribution in [0.5, 0.6) is 0 Å². The molecule has 2 unspecified atom stereocenters. The minimum atomic E-state index is -0.553. The molecular formula is C22H34N4O6. The van der Waals surface area contributed by atoms with Gasteiger partial charge >= 0.3 is 12.1 Å². The van der Waals surface area contributed by atoms with Crippen LogP contribution in [-0.4, -0.2) is 59.7 Å². The second-order valence-electron chi connectivity index (χ2n) is 9.27. The Morgan fingerprint density at radius 1 is 1.19 bits per heavy atom. The zero-order chi connectivity index (χ0) is 23.3. The average Bonchev–Trinajstić information content (AvgIpc) is 3.13. The van der Waals surface area contributed by atoms with Gasteiger partial charge in [-0.3, -0.25) is 9.48 Å². The highest BCUT2D eigenvalue weighted by atomic mass is 16.6. The van der Waals surface area contributed by atoms with E-state index in [1.807, 2.05) is 4.68 Å². The Morgan fingerprint density at radius 3 is 2.62 bits per heavy atom. The van der Waals surface area contributed by atoms with E-state index in [-0.39, 0.29) is 31.1 Å². The van der Waals surface area contributed by atoms with Crippen LogP contribution in [-0.2, 0) is 38.5 Å². The van der Waals surface area contributed by atoms with E-state index in [4.69, 9.17) is 14.2 Å². The first kappa shape index (κ1) is 24.0. The number of esters is 1. The third kappa shape index (κ3) is 6.21. The van der Waals surface area contributed by atoms with E-state index in [1.54, 1.807) is 20.8 Å². The van der Waals surface area contributed by atoms with Crippen LogP contribution >= 0.6 is 0 Å². The van der Waals surface area contributed by atoms with Crippen LogP contribution in [0, 0.1) is 5.92 Å². The lowest BCUT2D eigenvalue weighted by Gasteiger charge is -2.29. The zero-order valence-electron chi connectivity index (χ0n) is 19.4. The fraction of sp³-hybridized carbons (Fsp3) is 0.727. The molecule has 0 radical (unpaired) electrons. The van der Waals surface area contributed by atoms with E-state index >= 15 is 0 Å². The second-order valence-corrected chi connectivity index (χ2v) is 9.27. The van der Waals surface area contributed by atoms with E-state index in [2.05, 4.69) is 15.7 Å². The maximum Gasteiger partial charge on any atom is 0.407 e. The maximum atomic E-state index is 12.7. The molecule has 1 fully saturated rings. The first-order valence-electron chi connectivity index (χ1n) is 11.2. The van der Waals surface area contributed by atoms with Crippen LogP contribution < -0.4 is 10.6 Å². The molecule has 0 bridgehead atoms. The standard InChI is InChI=1S/C22H34N4O6/c1-22(2,3)32-21(29)24-11-15-9-8-14(13-31-15)19(27)23-12-16-18(20(28)30-4)17-7-5-6-10-26(17)25-16/h14-15H,5-13H2,1-4H3,(H,23,27)(H,24,29). The summed E-state index contributed by atoms with van der Waals surface area (Å²) in [5.41, 5.74) is 1.34. The Bertz CT molecular complexity index is 836. The van der Waals surface area contributed by atoms with E-state index in [0.717, 1.165) is 31.5 Å². The number of aromatic nitrogens is 2. The molecule has 1 aromatic heterocycles. The molecule has 32 heavy (non-hydrogen) atoms. The quantitative estimate of drug-likeness (QED) is 0.636. The van der Waals surface area contributed by atoms with Gasteiger partial charge in [-0.05, 0) is 52.9 Å². The largest absolute Gasteiger partial charge is 0.465 e. The zero-order valence-corrected chi connectivity index (χ0v) is 19.4. The van der Waals surface area contributed by atoms with Gasteiger partial charge < -0.3 is 24.8 Å². The Morgan fingerprint density at radius 2 is 1.97 bits per heavy atom. The maximum absolute atomic E-state index is 12.7. The molecule has 1 aromatic rings. The van der Waals surface area contributed by atoms with Gasteiger partial charge in [0.25, 0.3) is 0 Å². The lowest BCUT2D eigenvalue weighted by Crippen LogP contribution is -2.42. The summed E-state index contributed by atoms with van der Waals surface area (Å²) in [7, 11) is 1.35. The van der Waals surface area contributed by atoms with E-state index in [0.29, 0.717) is 30.6 Å². The third-order valence-corrected chi connectivity index (χ3v) is 5.60. The van der Waals surface area contributed by atoms with Gasteiger partial charge in [-0.15, -0.1) is 0 Å². The summed E-state index contributed by atoms with van der Waals surface area (Å²) in [4.78, 5) is 36.7. The molecule has 2 atom stereocenters. The lowest BCUT2D eigenvalue weighted by molar-refractivity contribution is -0.131. The molecule has 3 rings (SSSR count). The van der Waals surface area contributed by atoms with Crippen LogP contribution in [0.15, 0.2) is 0 Å². The molecular weight excluding hydrogens is 416 g/mol. The van der Waals surface area contributed by atoms with Crippen molar-refractivity contribution in [1.82, 2.24) is 20.4 Å². The summed E-state index contributed by atoms with van der Waals surface area (Å²) in [6.45, 7) is 6.97. The molecule has 0 spiro atoms. The number of fused-ring (bicyclic) bond motifs is 1. The van der Waals surface area contributed by atoms with Gasteiger partial charge in [0.2, 0.25) is 5.91 Å². The Balaban J connectivity index is 1.47. The highest BCUT2D eigenvalue weighted by Gasteiger charge is 2.30. The van der Waals surface area contributed by atoms with Gasteiger partial charge in [0.05, 0.1) is 43.7 Å². The first-order valence-corrected chi connectivity index (χ1v) is 11.2. The highest BCUT2D eigenvalue weighted by Crippen LogP contribution is 2.23. The number of rotatable bonds is 6. The number of aryl methyl sites for hydroxylation is 1. The van der Waals surface area contributed by atoms with Gasteiger partial charge in [-0.1, -0.05) is 0 Å². The number of alkyl carbamates (subject to hydrolysis) is 1. The predicted molar refractivity (Wildman–Crippen MR) is 115 cm³/mol. The molecule has 2 aliphatic heterocycles. The van der Waals surface area contributed by atoms with Crippen molar-refractivity contribution in [1.29, 1.82) is 0 Å². The molecule has 3 heterocycles. The molecule has 10 heteroatoms. The van der Waals surface area contributed by atoms with Crippen molar-refractivity contribution in [3.8, 4) is 0 Å². The number of ether oxygens (including phenoxy) is 3.